The molecular formula is C20H23N2O2+. The average molecular weight is 323 g/mol. The number of ether oxygens (including phenoxy) is 1. The van der Waals surface area contributed by atoms with E-state index < -0.39 is 0 Å². The molecule has 0 saturated carbocycles. The number of ketones is 1. The number of carbonyl (C=O) groups excluding carboxylic acids is 1. The van der Waals surface area contributed by atoms with Crippen LogP contribution in [0.4, 0.5) is 0 Å². The number of quaternary nitrogens is 1. The fraction of sp³-hybridized carbons (Fsp3) is 0.400. The lowest BCUT2D eigenvalue weighted by Gasteiger charge is -2.45. The minimum Gasteiger partial charge on any atom is -0.497 e. The zero-order valence-electron chi connectivity index (χ0n) is 14.0. The molecule has 1 N–H and O–H groups in total. The molecule has 3 aliphatic rings. The highest BCUT2D eigenvalue weighted by Crippen LogP contribution is 2.30. The number of nitrogens with zero attached hydrogens (tertiary/aromatic N) is 1. The average Bonchev–Trinajstić information content (AvgIpc) is 2.66. The van der Waals surface area contributed by atoms with Crippen LogP contribution in [0.1, 0.15) is 23.2 Å². The van der Waals surface area contributed by atoms with Gasteiger partial charge in [-0.3, -0.25) is 9.78 Å². The number of benzene rings is 1. The van der Waals surface area contributed by atoms with E-state index in [1.54, 1.807) is 13.3 Å². The zero-order valence-corrected chi connectivity index (χ0v) is 14.0. The summed E-state index contributed by atoms with van der Waals surface area (Å²) in [4.78, 5) is 19.1. The van der Waals surface area contributed by atoms with E-state index in [0.29, 0.717) is 11.8 Å². The van der Waals surface area contributed by atoms with Gasteiger partial charge in [0.05, 0.1) is 25.7 Å². The van der Waals surface area contributed by atoms with E-state index >= 15 is 0 Å². The van der Waals surface area contributed by atoms with Gasteiger partial charge < -0.3 is 9.64 Å². The molecule has 3 aliphatic heterocycles. The number of Topliss-reactive ketones (excluding diaryl/α,β-unsaturated/α-hetero) is 1. The van der Waals surface area contributed by atoms with Crippen LogP contribution in [0.2, 0.25) is 0 Å². The van der Waals surface area contributed by atoms with Crippen molar-refractivity contribution in [2.45, 2.75) is 18.9 Å². The Morgan fingerprint density at radius 2 is 2.29 bits per heavy atom. The minimum atomic E-state index is 0.0664. The highest BCUT2D eigenvalue weighted by molar-refractivity contribution is 6.09. The molecule has 5 rings (SSSR count). The molecule has 4 atom stereocenters. The van der Waals surface area contributed by atoms with Gasteiger partial charge in [0.2, 0.25) is 5.78 Å². The van der Waals surface area contributed by atoms with E-state index in [4.69, 9.17) is 4.74 Å². The smallest absolute Gasteiger partial charge is 0.220 e. The van der Waals surface area contributed by atoms with Crippen LogP contribution in [0.3, 0.4) is 0 Å². The van der Waals surface area contributed by atoms with Gasteiger partial charge in [-0.15, -0.1) is 6.58 Å². The number of hydrogen-bond acceptors (Lipinski definition) is 3. The highest BCUT2D eigenvalue weighted by atomic mass is 16.5. The van der Waals surface area contributed by atoms with Crippen LogP contribution in [0.25, 0.3) is 10.9 Å². The largest absolute Gasteiger partial charge is 0.497 e. The summed E-state index contributed by atoms with van der Waals surface area (Å²) in [5, 5.41) is 0.893. The number of nitrogens with one attached hydrogen (secondary N) is 1. The maximum atomic E-state index is 13.3. The van der Waals surface area contributed by atoms with Crippen molar-refractivity contribution in [2.24, 2.45) is 11.8 Å². The summed E-state index contributed by atoms with van der Waals surface area (Å²) in [6.45, 7) is 6.10. The standard InChI is InChI=1S/C20H22N2O2/c1-3-13-12-22-9-7-14(13)10-19(22)20(23)16-6-8-21-18-5-4-15(24-2)11-17(16)18/h3-6,8,11,13-14,19H,1,7,9-10,12H2,2H3/p+1/t13-,14-,19-/m0/s1. The van der Waals surface area contributed by atoms with Crippen LogP contribution in [-0.4, -0.2) is 37.0 Å². The van der Waals surface area contributed by atoms with Crippen molar-refractivity contribution >= 4 is 16.7 Å². The maximum absolute atomic E-state index is 13.3. The molecule has 0 amide bonds. The molecule has 2 aromatic rings. The van der Waals surface area contributed by atoms with Crippen molar-refractivity contribution in [1.29, 1.82) is 0 Å². The number of piperidine rings is 3. The van der Waals surface area contributed by atoms with Crippen LogP contribution >= 0.6 is 0 Å². The molecule has 4 heterocycles. The van der Waals surface area contributed by atoms with Gasteiger partial charge in [0.15, 0.2) is 6.04 Å². The number of fused-ring (bicyclic) bond motifs is 4. The Kier molecular flexibility index (Phi) is 3.85. The monoisotopic (exact) mass is 323 g/mol. The summed E-state index contributed by atoms with van der Waals surface area (Å²) in [6.07, 6.45) is 6.00. The van der Waals surface area contributed by atoms with E-state index in [1.807, 2.05) is 24.3 Å². The Bertz CT molecular complexity index is 801. The van der Waals surface area contributed by atoms with Crippen molar-refractivity contribution in [3.63, 3.8) is 0 Å². The van der Waals surface area contributed by atoms with Crippen molar-refractivity contribution in [1.82, 2.24) is 4.98 Å². The summed E-state index contributed by atoms with van der Waals surface area (Å²) in [7, 11) is 1.64. The lowest BCUT2D eigenvalue weighted by molar-refractivity contribution is -0.935. The molecule has 2 bridgehead atoms. The first-order chi connectivity index (χ1) is 11.7. The van der Waals surface area contributed by atoms with Gasteiger partial charge in [0, 0.05) is 35.9 Å². The van der Waals surface area contributed by atoms with E-state index in [9.17, 15) is 4.79 Å². The van der Waals surface area contributed by atoms with Crippen molar-refractivity contribution in [3.05, 3.63) is 48.7 Å². The topological polar surface area (TPSA) is 43.6 Å². The second-order valence-corrected chi connectivity index (χ2v) is 6.95. The Morgan fingerprint density at radius 3 is 3.00 bits per heavy atom. The third kappa shape index (κ3) is 2.42. The lowest BCUT2D eigenvalue weighted by atomic mass is 9.74. The van der Waals surface area contributed by atoms with Gasteiger partial charge in [0.1, 0.15) is 5.75 Å². The Balaban J connectivity index is 1.70. The zero-order chi connectivity index (χ0) is 16.7. The Morgan fingerprint density at radius 1 is 1.42 bits per heavy atom. The van der Waals surface area contributed by atoms with Crippen LogP contribution in [-0.2, 0) is 0 Å². The van der Waals surface area contributed by atoms with Gasteiger partial charge in [0.25, 0.3) is 0 Å². The van der Waals surface area contributed by atoms with Crippen molar-refractivity contribution in [3.8, 4) is 5.75 Å². The molecule has 3 saturated heterocycles. The third-order valence-corrected chi connectivity index (χ3v) is 5.80. The van der Waals surface area contributed by atoms with Gasteiger partial charge in [-0.25, -0.2) is 0 Å². The summed E-state index contributed by atoms with van der Waals surface area (Å²) in [5.41, 5.74) is 1.62. The molecule has 4 nitrogen and oxygen atoms in total. The third-order valence-electron chi connectivity index (χ3n) is 5.80. The van der Waals surface area contributed by atoms with Gasteiger partial charge in [-0.1, -0.05) is 6.08 Å². The SMILES string of the molecule is C=C[C@H]1C[NH+]2CC[C@H]1C[C@H]2C(=O)c1ccnc2ccc(OC)cc12. The van der Waals surface area contributed by atoms with E-state index in [-0.39, 0.29) is 11.8 Å². The molecule has 1 aromatic heterocycles. The normalized spacial score (nSPS) is 28.7. The molecule has 3 fully saturated rings. The fourth-order valence-corrected chi connectivity index (χ4v) is 4.46. The van der Waals surface area contributed by atoms with Crippen LogP contribution in [0.5, 0.6) is 5.75 Å². The second-order valence-electron chi connectivity index (χ2n) is 6.95. The first-order valence-corrected chi connectivity index (χ1v) is 8.65. The first-order valence-electron chi connectivity index (χ1n) is 8.65. The Hall–Kier alpha value is -2.20. The molecule has 24 heavy (non-hydrogen) atoms. The molecule has 4 heteroatoms. The summed E-state index contributed by atoms with van der Waals surface area (Å²) < 4.78 is 5.33. The molecule has 1 unspecified atom stereocenters. The maximum Gasteiger partial charge on any atom is 0.220 e. The molecule has 124 valence electrons. The summed E-state index contributed by atoms with van der Waals surface area (Å²) in [6, 6.07) is 7.65. The number of methoxy groups -OCH3 is 1. The summed E-state index contributed by atoms with van der Waals surface area (Å²) in [5.74, 6) is 2.18. The second kappa shape index (κ2) is 6.02. The van der Waals surface area contributed by atoms with Crippen molar-refractivity contribution < 1.29 is 14.4 Å². The molecule has 1 aromatic carbocycles. The number of pyridine rings is 1. The van der Waals surface area contributed by atoms with Crippen LogP contribution < -0.4 is 9.64 Å². The summed E-state index contributed by atoms with van der Waals surface area (Å²) >= 11 is 0. The highest BCUT2D eigenvalue weighted by Gasteiger charge is 2.45. The number of rotatable bonds is 4. The molecule has 0 spiro atoms. The fourth-order valence-electron chi connectivity index (χ4n) is 4.46. The van der Waals surface area contributed by atoms with E-state index in [1.165, 1.54) is 11.3 Å². The quantitative estimate of drug-likeness (QED) is 0.690. The first kappa shape index (κ1) is 15.3. The Labute approximate surface area is 142 Å². The van der Waals surface area contributed by atoms with Crippen molar-refractivity contribution in [2.75, 3.05) is 20.2 Å². The molecule has 0 radical (unpaired) electrons. The van der Waals surface area contributed by atoms with Gasteiger partial charge in [-0.2, -0.15) is 0 Å². The number of aromatic nitrogens is 1. The number of hydrogen-bond donors (Lipinski definition) is 1. The van der Waals surface area contributed by atoms with Crippen LogP contribution in [0.15, 0.2) is 43.1 Å². The predicted octanol–water partition coefficient (Wildman–Crippen LogP) is 1.91. The predicted molar refractivity (Wildman–Crippen MR) is 93.5 cm³/mol. The van der Waals surface area contributed by atoms with Gasteiger partial charge in [-0.05, 0) is 30.2 Å². The molecular weight excluding hydrogens is 300 g/mol. The minimum absolute atomic E-state index is 0.0664. The van der Waals surface area contributed by atoms with Crippen LogP contribution in [0, 0.1) is 11.8 Å². The van der Waals surface area contributed by atoms with E-state index in [2.05, 4.69) is 17.6 Å². The van der Waals surface area contributed by atoms with E-state index in [0.717, 1.165) is 41.7 Å². The molecule has 0 aliphatic carbocycles. The lowest BCUT2D eigenvalue weighted by Crippen LogP contribution is -3.20. The van der Waals surface area contributed by atoms with Gasteiger partial charge >= 0.3 is 0 Å². The number of carbonyl (C=O) groups is 1.